The molecule has 0 aliphatic carbocycles. The fraction of sp³-hybridized carbons (Fsp3) is 0.171. The molecule has 3 amide bonds. The molecule has 12 heteroatoms. The van der Waals surface area contributed by atoms with E-state index in [-0.39, 0.29) is 11.6 Å². The number of amides is 3. The maximum Gasteiger partial charge on any atom is 0.272 e. The van der Waals surface area contributed by atoms with Crippen molar-refractivity contribution in [2.45, 2.75) is 17.1 Å². The number of carbonyl (C=O) groups excluding carboxylic acids is 3. The van der Waals surface area contributed by atoms with Crippen LogP contribution < -0.4 is 34.9 Å². The topological polar surface area (TPSA) is 124 Å². The molecule has 4 aromatic carbocycles. The van der Waals surface area contributed by atoms with Crippen molar-refractivity contribution in [3.05, 3.63) is 107 Å². The molecule has 0 bridgehead atoms. The van der Waals surface area contributed by atoms with Crippen molar-refractivity contribution >= 4 is 58.5 Å². The van der Waals surface area contributed by atoms with E-state index in [0.29, 0.717) is 50.5 Å². The highest BCUT2D eigenvalue weighted by Gasteiger charge is 2.20. The van der Waals surface area contributed by atoms with E-state index in [2.05, 4.69) is 16.0 Å². The number of thioether (sulfide) groups is 1. The van der Waals surface area contributed by atoms with Crippen molar-refractivity contribution in [1.29, 1.82) is 0 Å². The lowest BCUT2D eigenvalue weighted by Crippen LogP contribution is -2.30. The number of benzene rings is 4. The molecule has 0 spiro atoms. The Morgan fingerprint density at radius 1 is 0.745 bits per heavy atom. The Labute approximate surface area is 282 Å². The van der Waals surface area contributed by atoms with Crippen LogP contribution >= 0.6 is 23.4 Å². The number of rotatable bonds is 13. The van der Waals surface area contributed by atoms with Gasteiger partial charge in [-0.15, -0.1) is 11.8 Å². The highest BCUT2D eigenvalue weighted by atomic mass is 35.5. The number of halogens is 1. The van der Waals surface area contributed by atoms with Crippen molar-refractivity contribution < 1.29 is 33.3 Å². The molecular weight excluding hydrogens is 642 g/mol. The molecule has 0 heterocycles. The Balaban J connectivity index is 1.57. The maximum atomic E-state index is 13.7. The van der Waals surface area contributed by atoms with E-state index in [0.717, 1.165) is 4.90 Å². The van der Waals surface area contributed by atoms with E-state index in [1.807, 2.05) is 6.07 Å². The van der Waals surface area contributed by atoms with Crippen molar-refractivity contribution in [3.63, 3.8) is 0 Å². The number of hydrogen-bond acceptors (Lipinski definition) is 8. The van der Waals surface area contributed by atoms with E-state index in [1.54, 1.807) is 85.8 Å². The summed E-state index contributed by atoms with van der Waals surface area (Å²) in [6, 6.07) is 23.8. The van der Waals surface area contributed by atoms with E-state index in [9.17, 15) is 14.4 Å². The zero-order valence-corrected chi connectivity index (χ0v) is 28.0. The summed E-state index contributed by atoms with van der Waals surface area (Å²) in [6.07, 6.45) is 1.49. The second kappa shape index (κ2) is 16.4. The smallest absolute Gasteiger partial charge is 0.272 e. The van der Waals surface area contributed by atoms with Crippen LogP contribution in [-0.4, -0.2) is 51.4 Å². The third kappa shape index (κ3) is 9.21. The monoisotopic (exact) mass is 675 g/mol. The van der Waals surface area contributed by atoms with Crippen LogP contribution in [0.25, 0.3) is 6.08 Å². The molecule has 4 rings (SSSR count). The molecular formula is C35H34ClN3O7S. The third-order valence-electron chi connectivity index (χ3n) is 6.76. The first kappa shape index (κ1) is 34.7. The minimum absolute atomic E-state index is 0.0503. The Hall–Kier alpha value is -5.13. The number of methoxy groups -OCH3 is 4. The molecule has 10 nitrogen and oxygen atoms in total. The summed E-state index contributed by atoms with van der Waals surface area (Å²) in [5.41, 5.74) is 1.69. The molecule has 4 aromatic rings. The van der Waals surface area contributed by atoms with Crippen molar-refractivity contribution in [1.82, 2.24) is 5.32 Å². The minimum atomic E-state index is -0.591. The lowest BCUT2D eigenvalue weighted by molar-refractivity contribution is -0.115. The van der Waals surface area contributed by atoms with Crippen molar-refractivity contribution in [3.8, 4) is 23.0 Å². The molecule has 0 aromatic heterocycles. The van der Waals surface area contributed by atoms with Crippen LogP contribution in [0.4, 0.5) is 11.4 Å². The van der Waals surface area contributed by atoms with Gasteiger partial charge in [0.1, 0.15) is 17.2 Å². The normalized spacial score (nSPS) is 11.6. The highest BCUT2D eigenvalue weighted by molar-refractivity contribution is 8.00. The van der Waals surface area contributed by atoms with Gasteiger partial charge < -0.3 is 34.9 Å². The quantitative estimate of drug-likeness (QED) is 0.103. The molecule has 0 aliphatic rings. The summed E-state index contributed by atoms with van der Waals surface area (Å²) in [5.74, 6) is 0.387. The van der Waals surface area contributed by atoms with Gasteiger partial charge in [0, 0.05) is 32.8 Å². The average Bonchev–Trinajstić information content (AvgIpc) is 3.08. The van der Waals surface area contributed by atoms with Crippen LogP contribution in [0.15, 0.2) is 95.5 Å². The zero-order chi connectivity index (χ0) is 33.9. The van der Waals surface area contributed by atoms with E-state index < -0.39 is 17.1 Å². The lowest BCUT2D eigenvalue weighted by Gasteiger charge is -2.16. The predicted octanol–water partition coefficient (Wildman–Crippen LogP) is 6.90. The SMILES string of the molecule is COc1cc(OC)c(OC)cc1/C=C(/NC(=O)c1ccccc1)C(=O)Nc1cccc(SC(C)C(=O)Nc2cc(Cl)ccc2OC)c1. The number of carbonyl (C=O) groups is 3. The van der Waals surface area contributed by atoms with Gasteiger partial charge in [-0.1, -0.05) is 35.9 Å². The lowest BCUT2D eigenvalue weighted by atomic mass is 10.1. The van der Waals surface area contributed by atoms with Gasteiger partial charge in [0.2, 0.25) is 5.91 Å². The fourth-order valence-electron chi connectivity index (χ4n) is 4.38. The molecule has 0 saturated carbocycles. The molecule has 3 N–H and O–H groups in total. The van der Waals surface area contributed by atoms with Crippen LogP contribution in [0.5, 0.6) is 23.0 Å². The standard InChI is InChI=1S/C35H34ClN3O7S/c1-21(33(40)38-27-18-24(36)14-15-29(27)43-2)47-26-13-9-12-25(19-26)37-35(42)28(39-34(41)22-10-7-6-8-11-22)16-23-17-31(45-4)32(46-5)20-30(23)44-3/h6-21H,1-5H3,(H,37,42)(H,38,40)(H,39,41)/b28-16+. The number of anilines is 2. The molecule has 0 saturated heterocycles. The molecule has 0 fully saturated rings. The van der Waals surface area contributed by atoms with Crippen LogP contribution in [0.2, 0.25) is 5.02 Å². The summed E-state index contributed by atoms with van der Waals surface area (Å²) in [6.45, 7) is 1.76. The molecule has 0 radical (unpaired) electrons. The molecule has 1 atom stereocenters. The minimum Gasteiger partial charge on any atom is -0.496 e. The number of nitrogens with one attached hydrogen (secondary N) is 3. The van der Waals surface area contributed by atoms with Gasteiger partial charge >= 0.3 is 0 Å². The second-order valence-electron chi connectivity index (χ2n) is 9.90. The third-order valence-corrected chi connectivity index (χ3v) is 8.09. The van der Waals surface area contributed by atoms with Gasteiger partial charge in [-0.25, -0.2) is 0 Å². The first-order valence-corrected chi connectivity index (χ1v) is 15.5. The number of ether oxygens (including phenoxy) is 4. The summed E-state index contributed by atoms with van der Waals surface area (Å²) >= 11 is 7.40. The number of hydrogen-bond donors (Lipinski definition) is 3. The summed E-state index contributed by atoms with van der Waals surface area (Å²) in [7, 11) is 5.99. The van der Waals surface area contributed by atoms with Crippen molar-refractivity contribution in [2.24, 2.45) is 0 Å². The highest BCUT2D eigenvalue weighted by Crippen LogP contribution is 2.36. The van der Waals surface area contributed by atoms with E-state index >= 15 is 0 Å². The molecule has 1 unspecified atom stereocenters. The van der Waals surface area contributed by atoms with Gasteiger partial charge in [0.25, 0.3) is 11.8 Å². The van der Waals surface area contributed by atoms with Crippen LogP contribution in [0.3, 0.4) is 0 Å². The molecule has 0 aliphatic heterocycles. The second-order valence-corrected chi connectivity index (χ2v) is 11.8. The first-order chi connectivity index (χ1) is 22.6. The largest absolute Gasteiger partial charge is 0.496 e. The average molecular weight is 676 g/mol. The van der Waals surface area contributed by atoms with Crippen LogP contribution in [0.1, 0.15) is 22.8 Å². The van der Waals surface area contributed by atoms with Gasteiger partial charge in [-0.05, 0) is 67.6 Å². The van der Waals surface area contributed by atoms with Gasteiger partial charge in [0.05, 0.1) is 39.4 Å². The van der Waals surface area contributed by atoms with Crippen molar-refractivity contribution in [2.75, 3.05) is 39.1 Å². The molecule has 244 valence electrons. The van der Waals surface area contributed by atoms with Gasteiger partial charge in [0.15, 0.2) is 11.5 Å². The Morgan fingerprint density at radius 3 is 2.11 bits per heavy atom. The Bertz CT molecular complexity index is 1780. The molecule has 47 heavy (non-hydrogen) atoms. The zero-order valence-electron chi connectivity index (χ0n) is 26.4. The fourth-order valence-corrected chi connectivity index (χ4v) is 5.48. The van der Waals surface area contributed by atoms with Gasteiger partial charge in [-0.3, -0.25) is 14.4 Å². The maximum absolute atomic E-state index is 13.7. The predicted molar refractivity (Wildman–Crippen MR) is 185 cm³/mol. The summed E-state index contributed by atoms with van der Waals surface area (Å²) in [5, 5.41) is 8.37. The van der Waals surface area contributed by atoms with Crippen LogP contribution in [-0.2, 0) is 9.59 Å². The van der Waals surface area contributed by atoms with Crippen LogP contribution in [0, 0.1) is 0 Å². The first-order valence-electron chi connectivity index (χ1n) is 14.3. The van der Waals surface area contributed by atoms with E-state index in [4.69, 9.17) is 30.5 Å². The summed E-state index contributed by atoms with van der Waals surface area (Å²) in [4.78, 5) is 40.6. The Morgan fingerprint density at radius 2 is 1.43 bits per heavy atom. The Kier molecular flexibility index (Phi) is 12.1. The summed E-state index contributed by atoms with van der Waals surface area (Å²) < 4.78 is 21.7. The van der Waals surface area contributed by atoms with E-state index in [1.165, 1.54) is 46.3 Å². The van der Waals surface area contributed by atoms with Gasteiger partial charge in [-0.2, -0.15) is 0 Å².